The first-order chi connectivity index (χ1) is 3.93. The molecule has 0 unspecified atom stereocenters. The third kappa shape index (κ3) is 1.15. The second-order valence-electron chi connectivity index (χ2n) is 1.76. The first kappa shape index (κ1) is 5.48. The molecule has 1 rings (SSSR count). The van der Waals surface area contributed by atoms with Crippen LogP contribution in [0.5, 0.6) is 0 Å². The van der Waals surface area contributed by atoms with E-state index in [1.807, 2.05) is 6.21 Å². The van der Waals surface area contributed by atoms with Gasteiger partial charge in [-0.3, -0.25) is 9.98 Å². The molecule has 0 radical (unpaired) electrons. The molecule has 1 heterocycles. The largest absolute Gasteiger partial charge is 0.289 e. The molecule has 0 amide bonds. The smallest absolute Gasteiger partial charge is 0.0589 e. The summed E-state index contributed by atoms with van der Waals surface area (Å²) in [5.41, 5.74) is 1.14. The molecule has 0 aromatic rings. The van der Waals surface area contributed by atoms with Crippen LogP contribution in [-0.4, -0.2) is 25.0 Å². The Morgan fingerprint density at radius 2 is 2.50 bits per heavy atom. The highest BCUT2D eigenvalue weighted by atomic mass is 14.9. The fraction of sp³-hybridized carbons (Fsp3) is 0.667. The predicted molar refractivity (Wildman–Crippen MR) is 36.0 cm³/mol. The van der Waals surface area contributed by atoms with Crippen molar-refractivity contribution >= 4 is 11.9 Å². The van der Waals surface area contributed by atoms with E-state index in [1.165, 1.54) is 0 Å². The maximum Gasteiger partial charge on any atom is 0.0589 e. The van der Waals surface area contributed by atoms with Crippen molar-refractivity contribution in [2.45, 2.75) is 13.3 Å². The van der Waals surface area contributed by atoms with Crippen molar-refractivity contribution in [1.82, 2.24) is 0 Å². The quantitative estimate of drug-likeness (QED) is 0.479. The Morgan fingerprint density at radius 3 is 2.88 bits per heavy atom. The van der Waals surface area contributed by atoms with Gasteiger partial charge < -0.3 is 0 Å². The van der Waals surface area contributed by atoms with Crippen molar-refractivity contribution in [3.63, 3.8) is 0 Å². The van der Waals surface area contributed by atoms with Crippen molar-refractivity contribution in [1.29, 1.82) is 0 Å². The maximum atomic E-state index is 4.22. The third-order valence-corrected chi connectivity index (χ3v) is 1.15. The highest BCUT2D eigenvalue weighted by Gasteiger charge is 1.93. The molecular formula is C6H10N2. The summed E-state index contributed by atoms with van der Waals surface area (Å²) in [6.45, 7) is 3.86. The van der Waals surface area contributed by atoms with Crippen LogP contribution in [0.25, 0.3) is 0 Å². The molecule has 0 spiro atoms. The predicted octanol–water partition coefficient (Wildman–Crippen LogP) is 0.922. The molecular weight excluding hydrogens is 100 g/mol. The minimum Gasteiger partial charge on any atom is -0.289 e. The van der Waals surface area contributed by atoms with E-state index in [-0.39, 0.29) is 0 Å². The Balaban J connectivity index is 2.51. The minimum absolute atomic E-state index is 0.878. The molecule has 8 heavy (non-hydrogen) atoms. The van der Waals surface area contributed by atoms with Gasteiger partial charge in [0.2, 0.25) is 0 Å². The van der Waals surface area contributed by atoms with Crippen LogP contribution in [0.3, 0.4) is 0 Å². The van der Waals surface area contributed by atoms with Crippen molar-refractivity contribution < 1.29 is 0 Å². The third-order valence-electron chi connectivity index (χ3n) is 1.15. The Morgan fingerprint density at radius 1 is 1.62 bits per heavy atom. The van der Waals surface area contributed by atoms with E-state index in [0.717, 1.165) is 25.2 Å². The summed E-state index contributed by atoms with van der Waals surface area (Å²) in [7, 11) is 0. The first-order valence-electron chi connectivity index (χ1n) is 2.96. The number of hydrogen-bond donors (Lipinski definition) is 0. The zero-order valence-electron chi connectivity index (χ0n) is 5.09. The minimum atomic E-state index is 0.878. The highest BCUT2D eigenvalue weighted by Crippen LogP contribution is 1.88. The number of hydrogen-bond acceptors (Lipinski definition) is 2. The van der Waals surface area contributed by atoms with E-state index in [4.69, 9.17) is 0 Å². The number of nitrogens with zero attached hydrogens (tertiary/aromatic N) is 2. The molecule has 0 aliphatic carbocycles. The molecule has 0 fully saturated rings. The summed E-state index contributed by atoms with van der Waals surface area (Å²) < 4.78 is 0. The Hall–Kier alpha value is -0.660. The number of rotatable bonds is 1. The second-order valence-corrected chi connectivity index (χ2v) is 1.76. The van der Waals surface area contributed by atoms with Crippen LogP contribution in [0.4, 0.5) is 0 Å². The van der Waals surface area contributed by atoms with Gasteiger partial charge in [-0.2, -0.15) is 0 Å². The van der Waals surface area contributed by atoms with Gasteiger partial charge in [0.1, 0.15) is 0 Å². The van der Waals surface area contributed by atoms with Gasteiger partial charge >= 0.3 is 0 Å². The molecule has 0 N–H and O–H groups in total. The van der Waals surface area contributed by atoms with Gasteiger partial charge in [0.25, 0.3) is 0 Å². The zero-order valence-corrected chi connectivity index (χ0v) is 5.09. The lowest BCUT2D eigenvalue weighted by atomic mass is 10.3. The first-order valence-corrected chi connectivity index (χ1v) is 2.96. The standard InChI is InChI=1S/C6H10N2/c1-2-6-5-7-3-4-8-6/h5H,2-4H2,1H3. The van der Waals surface area contributed by atoms with Gasteiger partial charge in [0.05, 0.1) is 18.8 Å². The Bertz CT molecular complexity index is 124. The van der Waals surface area contributed by atoms with Crippen molar-refractivity contribution in [2.75, 3.05) is 13.1 Å². The summed E-state index contributed by atoms with van der Waals surface area (Å²) in [6.07, 6.45) is 2.88. The fourth-order valence-corrected chi connectivity index (χ4v) is 0.665. The molecule has 2 nitrogen and oxygen atoms in total. The Kier molecular flexibility index (Phi) is 1.78. The maximum absolute atomic E-state index is 4.22. The lowest BCUT2D eigenvalue weighted by molar-refractivity contribution is 0.961. The summed E-state index contributed by atoms with van der Waals surface area (Å²) >= 11 is 0. The lowest BCUT2D eigenvalue weighted by Crippen LogP contribution is -2.06. The summed E-state index contributed by atoms with van der Waals surface area (Å²) in [5, 5.41) is 0. The molecule has 0 bridgehead atoms. The SMILES string of the molecule is CCC1=NCCN=C1. The van der Waals surface area contributed by atoms with Gasteiger partial charge in [-0.25, -0.2) is 0 Å². The molecule has 1 aliphatic rings. The van der Waals surface area contributed by atoms with E-state index < -0.39 is 0 Å². The second kappa shape index (κ2) is 2.60. The van der Waals surface area contributed by atoms with Crippen molar-refractivity contribution in [3.8, 4) is 0 Å². The molecule has 0 aromatic heterocycles. The van der Waals surface area contributed by atoms with Crippen LogP contribution in [0.1, 0.15) is 13.3 Å². The molecule has 0 saturated heterocycles. The molecule has 0 saturated carbocycles. The van der Waals surface area contributed by atoms with Crippen LogP contribution in [0.15, 0.2) is 9.98 Å². The summed E-state index contributed by atoms with van der Waals surface area (Å²) in [5.74, 6) is 0. The normalized spacial score (nSPS) is 18.4. The van der Waals surface area contributed by atoms with E-state index >= 15 is 0 Å². The van der Waals surface area contributed by atoms with Gasteiger partial charge in [-0.15, -0.1) is 0 Å². The highest BCUT2D eigenvalue weighted by molar-refractivity contribution is 6.30. The van der Waals surface area contributed by atoms with E-state index in [2.05, 4.69) is 16.9 Å². The van der Waals surface area contributed by atoms with Gasteiger partial charge in [0.15, 0.2) is 0 Å². The Labute approximate surface area is 49.3 Å². The summed E-state index contributed by atoms with van der Waals surface area (Å²) in [6, 6.07) is 0. The van der Waals surface area contributed by atoms with Crippen LogP contribution in [-0.2, 0) is 0 Å². The van der Waals surface area contributed by atoms with E-state index in [1.54, 1.807) is 0 Å². The van der Waals surface area contributed by atoms with Crippen LogP contribution < -0.4 is 0 Å². The fourth-order valence-electron chi connectivity index (χ4n) is 0.665. The average molecular weight is 110 g/mol. The number of aliphatic imine (C=N–C) groups is 2. The van der Waals surface area contributed by atoms with Gasteiger partial charge in [-0.1, -0.05) is 6.92 Å². The molecule has 44 valence electrons. The van der Waals surface area contributed by atoms with Crippen LogP contribution in [0.2, 0.25) is 0 Å². The van der Waals surface area contributed by atoms with Gasteiger partial charge in [0, 0.05) is 6.21 Å². The average Bonchev–Trinajstić information content (AvgIpc) is 1.90. The lowest BCUT2D eigenvalue weighted by Gasteiger charge is -2.00. The molecule has 0 atom stereocenters. The molecule has 0 aromatic carbocycles. The van der Waals surface area contributed by atoms with E-state index in [0.29, 0.717) is 0 Å². The van der Waals surface area contributed by atoms with Crippen LogP contribution in [0, 0.1) is 0 Å². The zero-order chi connectivity index (χ0) is 5.82. The molecule has 2 heteroatoms. The van der Waals surface area contributed by atoms with Crippen molar-refractivity contribution in [2.24, 2.45) is 9.98 Å². The van der Waals surface area contributed by atoms with Gasteiger partial charge in [-0.05, 0) is 6.42 Å². The van der Waals surface area contributed by atoms with E-state index in [9.17, 15) is 0 Å². The topological polar surface area (TPSA) is 24.7 Å². The summed E-state index contributed by atoms with van der Waals surface area (Å²) in [4.78, 5) is 8.29. The van der Waals surface area contributed by atoms with Crippen LogP contribution >= 0.6 is 0 Å². The van der Waals surface area contributed by atoms with Crippen molar-refractivity contribution in [3.05, 3.63) is 0 Å². The molecule has 1 aliphatic heterocycles. The monoisotopic (exact) mass is 110 g/mol.